The Hall–Kier alpha value is -0.670. The molecule has 0 aliphatic heterocycles. The third-order valence-corrected chi connectivity index (χ3v) is 2.96. The van der Waals surface area contributed by atoms with Crippen LogP contribution in [0.5, 0.6) is 5.75 Å². The second-order valence-electron chi connectivity index (χ2n) is 3.81. The maximum Gasteiger partial charge on any atom is 0.119 e. The van der Waals surface area contributed by atoms with Gasteiger partial charge in [0.05, 0.1) is 7.11 Å². The van der Waals surface area contributed by atoms with E-state index in [-0.39, 0.29) is 0 Å². The number of rotatable bonds is 7. The second-order valence-corrected chi connectivity index (χ2v) is 4.26. The summed E-state index contributed by atoms with van der Waals surface area (Å²) in [5.41, 5.74) is 1.34. The Bertz CT molecular complexity index is 304. The van der Waals surface area contributed by atoms with Gasteiger partial charge in [0, 0.05) is 18.8 Å². The lowest BCUT2D eigenvalue weighted by Crippen LogP contribution is -2.23. The molecule has 1 atom stereocenters. The van der Waals surface area contributed by atoms with Crippen LogP contribution in [0.3, 0.4) is 0 Å². The molecular formula is C13H21NOS. The topological polar surface area (TPSA) is 21.3 Å². The molecule has 0 radical (unpaired) electrons. The highest BCUT2D eigenvalue weighted by Gasteiger charge is 2.09. The number of hydrogen-bond acceptors (Lipinski definition) is 3. The molecule has 0 aromatic heterocycles. The Labute approximate surface area is 104 Å². The average Bonchev–Trinajstić information content (AvgIpc) is 2.35. The van der Waals surface area contributed by atoms with Crippen molar-refractivity contribution in [2.45, 2.75) is 19.3 Å². The minimum atomic E-state index is 0.551. The summed E-state index contributed by atoms with van der Waals surface area (Å²) in [6.07, 6.45) is 1.13. The molecule has 1 aromatic rings. The van der Waals surface area contributed by atoms with E-state index in [0.717, 1.165) is 31.0 Å². The van der Waals surface area contributed by atoms with Gasteiger partial charge in [0.25, 0.3) is 0 Å². The van der Waals surface area contributed by atoms with Gasteiger partial charge in [-0.2, -0.15) is 12.6 Å². The summed E-state index contributed by atoms with van der Waals surface area (Å²) in [5.74, 6) is 2.37. The first-order valence-corrected chi connectivity index (χ1v) is 6.40. The van der Waals surface area contributed by atoms with E-state index >= 15 is 0 Å². The fourth-order valence-corrected chi connectivity index (χ4v) is 1.91. The molecule has 0 bridgehead atoms. The van der Waals surface area contributed by atoms with Crippen LogP contribution in [0.1, 0.15) is 24.8 Å². The lowest BCUT2D eigenvalue weighted by molar-refractivity contribution is 0.413. The molecule has 0 saturated heterocycles. The summed E-state index contributed by atoms with van der Waals surface area (Å²) in [6.45, 7) is 4.18. The largest absolute Gasteiger partial charge is 0.497 e. The Kier molecular flexibility index (Phi) is 6.34. The summed E-state index contributed by atoms with van der Waals surface area (Å²) < 4.78 is 5.24. The lowest BCUT2D eigenvalue weighted by Gasteiger charge is -2.16. The summed E-state index contributed by atoms with van der Waals surface area (Å²) in [6, 6.07) is 8.32. The monoisotopic (exact) mass is 239 g/mol. The van der Waals surface area contributed by atoms with E-state index in [4.69, 9.17) is 4.74 Å². The molecule has 0 fully saturated rings. The predicted octanol–water partition coefficient (Wildman–Crippen LogP) is 2.71. The first-order valence-electron chi connectivity index (χ1n) is 5.77. The predicted molar refractivity (Wildman–Crippen MR) is 72.7 cm³/mol. The third-order valence-electron chi connectivity index (χ3n) is 2.74. The normalized spacial score (nSPS) is 12.4. The van der Waals surface area contributed by atoms with Crippen LogP contribution in [-0.2, 0) is 0 Å². The Morgan fingerprint density at radius 2 is 2.25 bits per heavy atom. The quantitative estimate of drug-likeness (QED) is 0.564. The number of nitrogens with one attached hydrogen (secondary N) is 1. The molecule has 0 amide bonds. The number of methoxy groups -OCH3 is 1. The minimum Gasteiger partial charge on any atom is -0.497 e. The number of ether oxygens (including phenoxy) is 1. The molecule has 90 valence electrons. The van der Waals surface area contributed by atoms with Crippen molar-refractivity contribution in [2.24, 2.45) is 0 Å². The van der Waals surface area contributed by atoms with Crippen LogP contribution in [0.25, 0.3) is 0 Å². The van der Waals surface area contributed by atoms with Gasteiger partial charge < -0.3 is 10.1 Å². The summed E-state index contributed by atoms with van der Waals surface area (Å²) in [5, 5.41) is 3.40. The van der Waals surface area contributed by atoms with Gasteiger partial charge in [0.2, 0.25) is 0 Å². The van der Waals surface area contributed by atoms with Crippen molar-refractivity contribution in [3.63, 3.8) is 0 Å². The molecule has 0 aliphatic carbocycles. The van der Waals surface area contributed by atoms with Crippen LogP contribution >= 0.6 is 12.6 Å². The molecule has 2 nitrogen and oxygen atoms in total. The highest BCUT2D eigenvalue weighted by atomic mass is 32.1. The van der Waals surface area contributed by atoms with Crippen molar-refractivity contribution in [1.82, 2.24) is 5.32 Å². The number of benzene rings is 1. The van der Waals surface area contributed by atoms with Crippen molar-refractivity contribution < 1.29 is 4.74 Å². The zero-order valence-corrected chi connectivity index (χ0v) is 11.0. The molecule has 16 heavy (non-hydrogen) atoms. The van der Waals surface area contributed by atoms with Crippen LogP contribution in [0.2, 0.25) is 0 Å². The highest BCUT2D eigenvalue weighted by molar-refractivity contribution is 7.80. The highest BCUT2D eigenvalue weighted by Crippen LogP contribution is 2.22. The van der Waals surface area contributed by atoms with Crippen LogP contribution in [0.4, 0.5) is 0 Å². The Morgan fingerprint density at radius 1 is 1.44 bits per heavy atom. The van der Waals surface area contributed by atoms with Gasteiger partial charge in [-0.15, -0.1) is 0 Å². The molecule has 1 aromatic carbocycles. The van der Waals surface area contributed by atoms with Crippen LogP contribution in [0.15, 0.2) is 24.3 Å². The minimum absolute atomic E-state index is 0.551. The van der Waals surface area contributed by atoms with Crippen molar-refractivity contribution in [1.29, 1.82) is 0 Å². The maximum atomic E-state index is 5.24. The third kappa shape index (κ3) is 4.06. The van der Waals surface area contributed by atoms with E-state index in [1.54, 1.807) is 7.11 Å². The smallest absolute Gasteiger partial charge is 0.119 e. The SMILES string of the molecule is CC[C@@H](CNCCS)c1cccc(OC)c1. The molecule has 0 unspecified atom stereocenters. The zero-order valence-electron chi connectivity index (χ0n) is 10.1. The van der Waals surface area contributed by atoms with Gasteiger partial charge in [-0.3, -0.25) is 0 Å². The van der Waals surface area contributed by atoms with Crippen LogP contribution < -0.4 is 10.1 Å². The van der Waals surface area contributed by atoms with E-state index < -0.39 is 0 Å². The van der Waals surface area contributed by atoms with Gasteiger partial charge in [-0.1, -0.05) is 19.1 Å². The Balaban J connectivity index is 2.62. The molecule has 1 N–H and O–H groups in total. The van der Waals surface area contributed by atoms with Crippen molar-refractivity contribution >= 4 is 12.6 Å². The zero-order chi connectivity index (χ0) is 11.8. The summed E-state index contributed by atoms with van der Waals surface area (Å²) in [7, 11) is 1.71. The van der Waals surface area contributed by atoms with E-state index in [2.05, 4.69) is 43.1 Å². The Morgan fingerprint density at radius 3 is 2.88 bits per heavy atom. The lowest BCUT2D eigenvalue weighted by atomic mass is 9.96. The fourth-order valence-electron chi connectivity index (χ4n) is 1.75. The first-order chi connectivity index (χ1) is 7.81. The maximum absolute atomic E-state index is 5.24. The number of thiol groups is 1. The first kappa shape index (κ1) is 13.4. The molecule has 1 rings (SSSR count). The average molecular weight is 239 g/mol. The molecular weight excluding hydrogens is 218 g/mol. The van der Waals surface area contributed by atoms with Gasteiger partial charge in [-0.05, 0) is 30.0 Å². The standard InChI is InChI=1S/C13H21NOS/c1-3-11(10-14-7-8-16)12-5-4-6-13(9-12)15-2/h4-6,9,11,14,16H,3,7-8,10H2,1-2H3/t11-/m0/s1. The van der Waals surface area contributed by atoms with Crippen LogP contribution in [0, 0.1) is 0 Å². The van der Waals surface area contributed by atoms with E-state index in [9.17, 15) is 0 Å². The number of hydrogen-bond donors (Lipinski definition) is 2. The molecule has 3 heteroatoms. The van der Waals surface area contributed by atoms with Crippen molar-refractivity contribution in [3.05, 3.63) is 29.8 Å². The van der Waals surface area contributed by atoms with Gasteiger partial charge in [0.1, 0.15) is 5.75 Å². The van der Waals surface area contributed by atoms with Gasteiger partial charge >= 0.3 is 0 Å². The fraction of sp³-hybridized carbons (Fsp3) is 0.538. The van der Waals surface area contributed by atoms with E-state index in [1.165, 1.54) is 5.56 Å². The van der Waals surface area contributed by atoms with Crippen LogP contribution in [-0.4, -0.2) is 26.0 Å². The van der Waals surface area contributed by atoms with Crippen molar-refractivity contribution in [2.75, 3.05) is 26.0 Å². The summed E-state index contributed by atoms with van der Waals surface area (Å²) in [4.78, 5) is 0. The van der Waals surface area contributed by atoms with E-state index in [0.29, 0.717) is 5.92 Å². The van der Waals surface area contributed by atoms with Gasteiger partial charge in [0.15, 0.2) is 0 Å². The van der Waals surface area contributed by atoms with E-state index in [1.807, 2.05) is 6.07 Å². The molecule has 0 spiro atoms. The summed E-state index contributed by atoms with van der Waals surface area (Å²) >= 11 is 4.19. The van der Waals surface area contributed by atoms with Gasteiger partial charge in [-0.25, -0.2) is 0 Å². The second kappa shape index (κ2) is 7.58. The van der Waals surface area contributed by atoms with Crippen molar-refractivity contribution in [3.8, 4) is 5.75 Å². The molecule has 0 heterocycles. The molecule has 0 aliphatic rings. The molecule has 0 saturated carbocycles.